The first-order valence-corrected chi connectivity index (χ1v) is 12.1. The highest BCUT2D eigenvalue weighted by Gasteiger charge is 2.31. The molecule has 0 aromatic heterocycles. The first-order valence-electron chi connectivity index (χ1n) is 12.1. The number of carbonyl (C=O) groups excluding carboxylic acids is 2. The van der Waals surface area contributed by atoms with Crippen LogP contribution in [0, 0.1) is 11.8 Å². The molecule has 186 valence electrons. The maximum atomic E-state index is 12.4. The van der Waals surface area contributed by atoms with Crippen LogP contribution in [0.5, 0.6) is 0 Å². The molecular formula is C25H42N4O4. The van der Waals surface area contributed by atoms with Crippen molar-refractivity contribution in [2.75, 3.05) is 19.6 Å². The van der Waals surface area contributed by atoms with Crippen molar-refractivity contribution >= 4 is 12.0 Å². The van der Waals surface area contributed by atoms with Crippen molar-refractivity contribution in [2.45, 2.75) is 77.8 Å². The number of nitrogens with one attached hydrogen (secondary N) is 2. The number of nitrogens with zero attached hydrogens (tertiary/aromatic N) is 1. The largest absolute Gasteiger partial charge is 0.445 e. The van der Waals surface area contributed by atoms with Crippen LogP contribution in [0.4, 0.5) is 4.79 Å². The van der Waals surface area contributed by atoms with Crippen LogP contribution in [0.2, 0.25) is 0 Å². The third-order valence-corrected chi connectivity index (χ3v) is 5.83. The molecule has 1 aliphatic rings. The molecule has 0 spiro atoms. The number of rotatable bonds is 11. The van der Waals surface area contributed by atoms with Gasteiger partial charge in [-0.3, -0.25) is 9.69 Å². The molecule has 1 fully saturated rings. The van der Waals surface area contributed by atoms with Crippen LogP contribution in [0.15, 0.2) is 30.3 Å². The minimum Gasteiger partial charge on any atom is -0.445 e. The smallest absolute Gasteiger partial charge is 0.407 e. The van der Waals surface area contributed by atoms with Gasteiger partial charge < -0.3 is 26.2 Å². The summed E-state index contributed by atoms with van der Waals surface area (Å²) >= 11 is 0. The minimum absolute atomic E-state index is 0.0916. The Balaban J connectivity index is 1.83. The number of amides is 2. The fraction of sp³-hybridized carbons (Fsp3) is 0.680. The number of β-amino-alcohol motifs (C(OH)–C–C–N with tert-alkyl or cyclic N) is 1. The summed E-state index contributed by atoms with van der Waals surface area (Å²) in [6.45, 7) is 10.3. The summed E-state index contributed by atoms with van der Waals surface area (Å²) in [4.78, 5) is 26.8. The second-order valence-corrected chi connectivity index (χ2v) is 10.00. The Labute approximate surface area is 198 Å². The van der Waals surface area contributed by atoms with Crippen LogP contribution in [-0.4, -0.2) is 65.9 Å². The van der Waals surface area contributed by atoms with Gasteiger partial charge in [0.05, 0.1) is 18.2 Å². The number of alkyl carbamates (subject to hydrolysis) is 1. The van der Waals surface area contributed by atoms with Gasteiger partial charge in [-0.1, -0.05) is 58.0 Å². The van der Waals surface area contributed by atoms with E-state index in [2.05, 4.69) is 29.4 Å². The molecular weight excluding hydrogens is 420 g/mol. The van der Waals surface area contributed by atoms with Gasteiger partial charge in [0.1, 0.15) is 6.61 Å². The van der Waals surface area contributed by atoms with Crippen molar-refractivity contribution in [1.82, 2.24) is 15.5 Å². The highest BCUT2D eigenvalue weighted by molar-refractivity contribution is 5.81. The topological polar surface area (TPSA) is 117 Å². The van der Waals surface area contributed by atoms with E-state index < -0.39 is 18.2 Å². The molecule has 1 aromatic rings. The summed E-state index contributed by atoms with van der Waals surface area (Å²) in [6.07, 6.45) is 0.930. The molecule has 33 heavy (non-hydrogen) atoms. The summed E-state index contributed by atoms with van der Waals surface area (Å²) in [5.41, 5.74) is 6.91. The molecule has 1 saturated heterocycles. The van der Waals surface area contributed by atoms with E-state index in [4.69, 9.17) is 10.5 Å². The predicted octanol–water partition coefficient (Wildman–Crippen LogP) is 2.25. The second-order valence-electron chi connectivity index (χ2n) is 10.00. The Morgan fingerprint density at radius 2 is 1.82 bits per heavy atom. The van der Waals surface area contributed by atoms with E-state index in [0.717, 1.165) is 18.5 Å². The fourth-order valence-corrected chi connectivity index (χ4v) is 4.23. The van der Waals surface area contributed by atoms with E-state index in [-0.39, 0.29) is 24.6 Å². The zero-order chi connectivity index (χ0) is 24.4. The lowest BCUT2D eigenvalue weighted by molar-refractivity contribution is -0.125. The van der Waals surface area contributed by atoms with Crippen LogP contribution < -0.4 is 16.4 Å². The molecule has 0 bridgehead atoms. The molecule has 0 aliphatic carbocycles. The number of carbonyl (C=O) groups is 2. The molecule has 0 saturated carbocycles. The number of ether oxygens (including phenoxy) is 1. The highest BCUT2D eigenvalue weighted by atomic mass is 16.5. The maximum absolute atomic E-state index is 12.4. The number of benzene rings is 1. The number of likely N-dealkylation sites (tertiary alicyclic amines) is 1. The Morgan fingerprint density at radius 1 is 1.15 bits per heavy atom. The lowest BCUT2D eigenvalue weighted by Crippen LogP contribution is -2.58. The zero-order valence-electron chi connectivity index (χ0n) is 20.5. The van der Waals surface area contributed by atoms with E-state index in [1.54, 1.807) is 0 Å². The van der Waals surface area contributed by atoms with Crippen molar-refractivity contribution in [3.63, 3.8) is 0 Å². The summed E-state index contributed by atoms with van der Waals surface area (Å²) in [5, 5.41) is 16.5. The van der Waals surface area contributed by atoms with Crippen molar-refractivity contribution in [3.05, 3.63) is 35.9 Å². The second kappa shape index (κ2) is 13.5. The molecule has 2 rings (SSSR count). The molecule has 2 unspecified atom stereocenters. The lowest BCUT2D eigenvalue weighted by atomic mass is 9.98. The number of hydrogen-bond donors (Lipinski definition) is 4. The summed E-state index contributed by atoms with van der Waals surface area (Å²) in [5.74, 6) is 0.526. The van der Waals surface area contributed by atoms with E-state index in [1.165, 1.54) is 0 Å². The first kappa shape index (κ1) is 27.1. The number of aliphatic hydroxyl groups excluding tert-OH is 1. The van der Waals surface area contributed by atoms with E-state index in [0.29, 0.717) is 37.8 Å². The zero-order valence-corrected chi connectivity index (χ0v) is 20.5. The van der Waals surface area contributed by atoms with E-state index >= 15 is 0 Å². The molecule has 8 heteroatoms. The average Bonchev–Trinajstić information content (AvgIpc) is 2.74. The molecule has 1 heterocycles. The van der Waals surface area contributed by atoms with Gasteiger partial charge in [0, 0.05) is 25.7 Å². The Kier molecular flexibility index (Phi) is 11.1. The quantitative estimate of drug-likeness (QED) is 0.401. The Bertz CT molecular complexity index is 728. The number of piperidine rings is 1. The predicted molar refractivity (Wildman–Crippen MR) is 129 cm³/mol. The van der Waals surface area contributed by atoms with Gasteiger partial charge >= 0.3 is 6.09 Å². The molecule has 4 atom stereocenters. The summed E-state index contributed by atoms with van der Waals surface area (Å²) < 4.78 is 5.38. The Hall–Kier alpha value is -2.16. The maximum Gasteiger partial charge on any atom is 0.407 e. The van der Waals surface area contributed by atoms with Crippen LogP contribution in [0.25, 0.3) is 0 Å². The van der Waals surface area contributed by atoms with Crippen LogP contribution in [-0.2, 0) is 16.1 Å². The number of nitrogens with two attached hydrogens (primary N) is 1. The van der Waals surface area contributed by atoms with Gasteiger partial charge in [-0.15, -0.1) is 0 Å². The molecule has 8 nitrogen and oxygen atoms in total. The van der Waals surface area contributed by atoms with Gasteiger partial charge in [-0.2, -0.15) is 0 Å². The number of hydrogen-bond acceptors (Lipinski definition) is 6. The van der Waals surface area contributed by atoms with Crippen molar-refractivity contribution in [1.29, 1.82) is 0 Å². The molecule has 1 aromatic carbocycles. The molecule has 5 N–H and O–H groups in total. The standard InChI is InChI=1S/C25H42N4O4/c1-17(2)12-20(27-25(32)33-16-19-8-6-5-7-9-19)14-29-11-10-22(23(30)15-29)28-24(31)21(26)13-18(3)4/h5-9,17-18,20-23,30H,10-16,26H2,1-4H3,(H,27,32)(H,28,31)/t20-,21-,22?,23?/m0/s1. The molecule has 2 amide bonds. The van der Waals surface area contributed by atoms with Crippen molar-refractivity contribution in [3.8, 4) is 0 Å². The van der Waals surface area contributed by atoms with E-state index in [9.17, 15) is 14.7 Å². The third kappa shape index (κ3) is 10.1. The monoisotopic (exact) mass is 462 g/mol. The molecule has 0 radical (unpaired) electrons. The van der Waals surface area contributed by atoms with E-state index in [1.807, 2.05) is 44.2 Å². The van der Waals surface area contributed by atoms with Gasteiger partial charge in [0.25, 0.3) is 0 Å². The highest BCUT2D eigenvalue weighted by Crippen LogP contribution is 2.15. The molecule has 1 aliphatic heterocycles. The SMILES string of the molecule is CC(C)C[C@@H](CN1CCC(NC(=O)[C@@H](N)CC(C)C)C(O)C1)NC(=O)OCc1ccccc1. The average molecular weight is 463 g/mol. The first-order chi connectivity index (χ1) is 15.6. The summed E-state index contributed by atoms with van der Waals surface area (Å²) in [6, 6.07) is 8.62. The normalized spacial score (nSPS) is 21.0. The van der Waals surface area contributed by atoms with Crippen molar-refractivity contribution in [2.24, 2.45) is 17.6 Å². The minimum atomic E-state index is -0.682. The number of aliphatic hydroxyl groups is 1. The van der Waals surface area contributed by atoms with Crippen LogP contribution >= 0.6 is 0 Å². The van der Waals surface area contributed by atoms with Gasteiger partial charge in [-0.05, 0) is 36.7 Å². The van der Waals surface area contributed by atoms with Gasteiger partial charge in [0.15, 0.2) is 0 Å². The fourth-order valence-electron chi connectivity index (χ4n) is 4.23. The van der Waals surface area contributed by atoms with Crippen LogP contribution in [0.1, 0.15) is 52.5 Å². The Morgan fingerprint density at radius 3 is 2.42 bits per heavy atom. The third-order valence-electron chi connectivity index (χ3n) is 5.83. The van der Waals surface area contributed by atoms with Crippen molar-refractivity contribution < 1.29 is 19.4 Å². The summed E-state index contributed by atoms with van der Waals surface area (Å²) in [7, 11) is 0. The van der Waals surface area contributed by atoms with Gasteiger partial charge in [0.2, 0.25) is 5.91 Å². The van der Waals surface area contributed by atoms with Crippen LogP contribution in [0.3, 0.4) is 0 Å². The lowest BCUT2D eigenvalue weighted by Gasteiger charge is -2.38. The van der Waals surface area contributed by atoms with Gasteiger partial charge in [-0.25, -0.2) is 4.79 Å².